The average Bonchev–Trinajstić information content (AvgIpc) is 1.84. The molecule has 0 aromatic carbocycles. The zero-order valence-corrected chi connectivity index (χ0v) is 7.89. The maximum absolute atomic E-state index is 5.58. The molecule has 2 N–H and O–H groups in total. The van der Waals surface area contributed by atoms with Gasteiger partial charge in [-0.05, 0) is 20.8 Å². The van der Waals surface area contributed by atoms with Crippen LogP contribution < -0.4 is 5.73 Å². The second kappa shape index (κ2) is 4.70. The molecule has 0 aliphatic heterocycles. The van der Waals surface area contributed by atoms with Gasteiger partial charge in [0.25, 0.3) is 0 Å². The molecule has 0 heterocycles. The molecule has 0 spiro atoms. The van der Waals surface area contributed by atoms with Gasteiger partial charge in [0, 0.05) is 13.7 Å². The molecule has 0 aromatic heterocycles. The van der Waals surface area contributed by atoms with Gasteiger partial charge in [0.1, 0.15) is 0 Å². The van der Waals surface area contributed by atoms with Crippen molar-refractivity contribution in [2.75, 3.05) is 20.3 Å². The summed E-state index contributed by atoms with van der Waals surface area (Å²) in [6.45, 7) is 7.08. The number of nitrogens with two attached hydrogens (primary N) is 1. The van der Waals surface area contributed by atoms with E-state index < -0.39 is 0 Å². The highest BCUT2D eigenvalue weighted by atomic mass is 16.5. The molecule has 1 atom stereocenters. The van der Waals surface area contributed by atoms with Crippen LogP contribution in [-0.4, -0.2) is 32.0 Å². The van der Waals surface area contributed by atoms with Gasteiger partial charge >= 0.3 is 0 Å². The molecule has 68 valence electrons. The Morgan fingerprint density at radius 2 is 1.91 bits per heavy atom. The second-order valence-electron chi connectivity index (χ2n) is 3.54. The standard InChI is InChI=1S/C8H19NO2/c1-8(2,3)11-7(5-9)6-10-4/h7H,5-6,9H2,1-4H3/t7-/m0/s1. The highest BCUT2D eigenvalue weighted by Crippen LogP contribution is 2.09. The second-order valence-corrected chi connectivity index (χ2v) is 3.54. The van der Waals surface area contributed by atoms with Crippen molar-refractivity contribution in [3.05, 3.63) is 0 Å². The maximum atomic E-state index is 5.58. The Balaban J connectivity index is 3.68. The summed E-state index contributed by atoms with van der Waals surface area (Å²) in [5.74, 6) is 0. The Hall–Kier alpha value is -0.120. The number of methoxy groups -OCH3 is 1. The summed E-state index contributed by atoms with van der Waals surface area (Å²) >= 11 is 0. The van der Waals surface area contributed by atoms with Crippen molar-refractivity contribution in [1.82, 2.24) is 0 Å². The zero-order valence-electron chi connectivity index (χ0n) is 7.89. The molecule has 0 saturated heterocycles. The molecule has 0 rings (SSSR count). The van der Waals surface area contributed by atoms with E-state index in [1.54, 1.807) is 7.11 Å². The molecule has 0 aliphatic rings. The minimum Gasteiger partial charge on any atom is -0.382 e. The molecule has 0 amide bonds. The molecule has 0 aliphatic carbocycles. The molecule has 0 bridgehead atoms. The fraction of sp³-hybridized carbons (Fsp3) is 1.00. The van der Waals surface area contributed by atoms with Crippen molar-refractivity contribution in [1.29, 1.82) is 0 Å². The Morgan fingerprint density at radius 1 is 1.36 bits per heavy atom. The van der Waals surface area contributed by atoms with Crippen molar-refractivity contribution in [3.63, 3.8) is 0 Å². The highest BCUT2D eigenvalue weighted by molar-refractivity contribution is 4.66. The predicted octanol–water partition coefficient (Wildman–Crippen LogP) is 0.775. The SMILES string of the molecule is COC[C@H](CN)OC(C)(C)C. The number of hydrogen-bond acceptors (Lipinski definition) is 3. The van der Waals surface area contributed by atoms with E-state index in [4.69, 9.17) is 15.2 Å². The molecular weight excluding hydrogens is 142 g/mol. The van der Waals surface area contributed by atoms with Crippen molar-refractivity contribution in [2.45, 2.75) is 32.5 Å². The van der Waals surface area contributed by atoms with Crippen molar-refractivity contribution in [3.8, 4) is 0 Å². The average molecular weight is 161 g/mol. The molecule has 0 fully saturated rings. The fourth-order valence-corrected chi connectivity index (χ4v) is 0.836. The molecule has 0 saturated carbocycles. The summed E-state index contributed by atoms with van der Waals surface area (Å²) in [5.41, 5.74) is 5.32. The largest absolute Gasteiger partial charge is 0.382 e. The third-order valence-corrected chi connectivity index (χ3v) is 1.14. The van der Waals surface area contributed by atoms with E-state index in [-0.39, 0.29) is 11.7 Å². The van der Waals surface area contributed by atoms with Gasteiger partial charge in [-0.2, -0.15) is 0 Å². The van der Waals surface area contributed by atoms with Crippen LogP contribution in [0.5, 0.6) is 0 Å². The third kappa shape index (κ3) is 6.28. The first-order valence-corrected chi connectivity index (χ1v) is 3.86. The normalized spacial score (nSPS) is 15.0. The fourth-order valence-electron chi connectivity index (χ4n) is 0.836. The Bertz CT molecular complexity index is 98.8. The molecule has 3 nitrogen and oxygen atoms in total. The van der Waals surface area contributed by atoms with Crippen LogP contribution in [0.4, 0.5) is 0 Å². The molecule has 3 heteroatoms. The first-order chi connectivity index (χ1) is 4.99. The van der Waals surface area contributed by atoms with Gasteiger partial charge in [-0.25, -0.2) is 0 Å². The Kier molecular flexibility index (Phi) is 4.65. The van der Waals surface area contributed by atoms with E-state index in [2.05, 4.69) is 0 Å². The lowest BCUT2D eigenvalue weighted by Crippen LogP contribution is -2.35. The van der Waals surface area contributed by atoms with Crippen molar-refractivity contribution in [2.24, 2.45) is 5.73 Å². The Labute approximate surface area is 68.9 Å². The van der Waals surface area contributed by atoms with Crippen LogP contribution in [0, 0.1) is 0 Å². The van der Waals surface area contributed by atoms with Gasteiger partial charge in [0.15, 0.2) is 0 Å². The maximum Gasteiger partial charge on any atom is 0.0937 e. The third-order valence-electron chi connectivity index (χ3n) is 1.14. The van der Waals surface area contributed by atoms with E-state index in [9.17, 15) is 0 Å². The van der Waals surface area contributed by atoms with Gasteiger partial charge in [-0.1, -0.05) is 0 Å². The van der Waals surface area contributed by atoms with Gasteiger partial charge in [0.2, 0.25) is 0 Å². The van der Waals surface area contributed by atoms with Crippen LogP contribution in [0.1, 0.15) is 20.8 Å². The quantitative estimate of drug-likeness (QED) is 0.662. The lowest BCUT2D eigenvalue weighted by molar-refractivity contribution is -0.0815. The van der Waals surface area contributed by atoms with Gasteiger partial charge in [0.05, 0.1) is 18.3 Å². The molecular formula is C8H19NO2. The summed E-state index contributed by atoms with van der Waals surface area (Å²) in [4.78, 5) is 0. The van der Waals surface area contributed by atoms with Crippen LogP contribution >= 0.6 is 0 Å². The number of ether oxygens (including phenoxy) is 2. The molecule has 0 radical (unpaired) electrons. The van der Waals surface area contributed by atoms with E-state index in [0.717, 1.165) is 0 Å². The van der Waals surface area contributed by atoms with E-state index in [0.29, 0.717) is 13.2 Å². The van der Waals surface area contributed by atoms with E-state index in [1.165, 1.54) is 0 Å². The lowest BCUT2D eigenvalue weighted by Gasteiger charge is -2.26. The minimum absolute atomic E-state index is 0.0139. The van der Waals surface area contributed by atoms with Crippen LogP contribution in [0.15, 0.2) is 0 Å². The first kappa shape index (κ1) is 10.9. The lowest BCUT2D eigenvalue weighted by atomic mass is 10.2. The van der Waals surface area contributed by atoms with Gasteiger partial charge < -0.3 is 15.2 Å². The van der Waals surface area contributed by atoms with Gasteiger partial charge in [-0.15, -0.1) is 0 Å². The Morgan fingerprint density at radius 3 is 2.18 bits per heavy atom. The number of hydrogen-bond donors (Lipinski definition) is 1. The summed E-state index contributed by atoms with van der Waals surface area (Å²) in [5, 5.41) is 0. The topological polar surface area (TPSA) is 44.5 Å². The van der Waals surface area contributed by atoms with Crippen LogP contribution in [0.3, 0.4) is 0 Å². The molecule has 11 heavy (non-hydrogen) atoms. The zero-order chi connectivity index (χ0) is 8.91. The number of rotatable bonds is 4. The summed E-state index contributed by atoms with van der Waals surface area (Å²) < 4.78 is 10.5. The van der Waals surface area contributed by atoms with Crippen LogP contribution in [0.2, 0.25) is 0 Å². The molecule has 0 unspecified atom stereocenters. The first-order valence-electron chi connectivity index (χ1n) is 3.86. The summed E-state index contributed by atoms with van der Waals surface area (Å²) in [6.07, 6.45) is 0.0139. The highest BCUT2D eigenvalue weighted by Gasteiger charge is 2.16. The van der Waals surface area contributed by atoms with E-state index >= 15 is 0 Å². The van der Waals surface area contributed by atoms with Crippen LogP contribution in [0.25, 0.3) is 0 Å². The predicted molar refractivity (Wildman–Crippen MR) is 45.6 cm³/mol. The van der Waals surface area contributed by atoms with Gasteiger partial charge in [-0.3, -0.25) is 0 Å². The minimum atomic E-state index is -0.136. The monoisotopic (exact) mass is 161 g/mol. The molecule has 0 aromatic rings. The van der Waals surface area contributed by atoms with Crippen molar-refractivity contribution >= 4 is 0 Å². The van der Waals surface area contributed by atoms with E-state index in [1.807, 2.05) is 20.8 Å². The van der Waals surface area contributed by atoms with Crippen molar-refractivity contribution < 1.29 is 9.47 Å². The van der Waals surface area contributed by atoms with Crippen LogP contribution in [-0.2, 0) is 9.47 Å². The summed E-state index contributed by atoms with van der Waals surface area (Å²) in [6, 6.07) is 0. The summed E-state index contributed by atoms with van der Waals surface area (Å²) in [7, 11) is 1.65. The smallest absolute Gasteiger partial charge is 0.0937 e.